The van der Waals surface area contributed by atoms with Crippen LogP contribution in [0.25, 0.3) is 0 Å². The van der Waals surface area contributed by atoms with E-state index in [1.54, 1.807) is 0 Å². The molecular formula is C18H30N4O4. The lowest BCUT2D eigenvalue weighted by atomic mass is 10.0. The molecule has 26 heavy (non-hydrogen) atoms. The Morgan fingerprint density at radius 2 is 2.00 bits per heavy atom. The third-order valence-corrected chi connectivity index (χ3v) is 4.87. The number of nitrogens with zero attached hydrogens (tertiary/aromatic N) is 3. The van der Waals surface area contributed by atoms with Crippen molar-refractivity contribution in [2.24, 2.45) is 0 Å². The van der Waals surface area contributed by atoms with Crippen molar-refractivity contribution in [2.45, 2.75) is 64.0 Å². The Labute approximate surface area is 154 Å². The number of nitrogens with one attached hydrogen (secondary N) is 1. The molecule has 1 aromatic rings. The molecule has 0 bridgehead atoms. The summed E-state index contributed by atoms with van der Waals surface area (Å²) in [6.45, 7) is 7.52. The van der Waals surface area contributed by atoms with Crippen molar-refractivity contribution in [3.8, 4) is 0 Å². The first-order chi connectivity index (χ1) is 12.6. The molecule has 2 saturated heterocycles. The van der Waals surface area contributed by atoms with Gasteiger partial charge in [0.15, 0.2) is 5.82 Å². The highest BCUT2D eigenvalue weighted by molar-refractivity contribution is 5.74. The molecule has 0 aliphatic carbocycles. The van der Waals surface area contributed by atoms with E-state index in [9.17, 15) is 4.79 Å². The van der Waals surface area contributed by atoms with Crippen LogP contribution in [-0.2, 0) is 15.9 Å². The largest absolute Gasteiger partial charge is 0.381 e. The van der Waals surface area contributed by atoms with E-state index in [2.05, 4.69) is 15.5 Å². The van der Waals surface area contributed by atoms with Crippen molar-refractivity contribution >= 4 is 6.03 Å². The van der Waals surface area contributed by atoms with Gasteiger partial charge in [-0.2, -0.15) is 4.98 Å². The molecule has 0 atom stereocenters. The molecule has 1 N–H and O–H groups in total. The molecule has 0 saturated carbocycles. The van der Waals surface area contributed by atoms with E-state index in [0.717, 1.165) is 57.9 Å². The Bertz CT molecular complexity index is 563. The van der Waals surface area contributed by atoms with Gasteiger partial charge < -0.3 is 24.2 Å². The molecule has 2 aliphatic heterocycles. The fourth-order valence-corrected chi connectivity index (χ4v) is 3.36. The molecule has 8 heteroatoms. The zero-order chi connectivity index (χ0) is 18.4. The fourth-order valence-electron chi connectivity index (χ4n) is 3.36. The first-order valence-electron chi connectivity index (χ1n) is 9.69. The van der Waals surface area contributed by atoms with Gasteiger partial charge in [0.2, 0.25) is 5.89 Å². The summed E-state index contributed by atoms with van der Waals surface area (Å²) in [5.41, 5.74) is 0. The monoisotopic (exact) mass is 366 g/mol. The van der Waals surface area contributed by atoms with Crippen molar-refractivity contribution in [2.75, 3.05) is 32.9 Å². The van der Waals surface area contributed by atoms with Crippen molar-refractivity contribution in [3.05, 3.63) is 11.7 Å². The van der Waals surface area contributed by atoms with Crippen LogP contribution in [0.15, 0.2) is 4.52 Å². The molecule has 8 nitrogen and oxygen atoms in total. The molecule has 0 radical (unpaired) electrons. The molecule has 146 valence electrons. The van der Waals surface area contributed by atoms with Crippen LogP contribution in [0.3, 0.4) is 0 Å². The van der Waals surface area contributed by atoms with Gasteiger partial charge in [-0.05, 0) is 39.5 Å². The molecule has 0 aromatic carbocycles. The predicted octanol–water partition coefficient (Wildman–Crippen LogP) is 2.11. The van der Waals surface area contributed by atoms with Crippen LogP contribution in [0.5, 0.6) is 0 Å². The maximum atomic E-state index is 12.0. The average molecular weight is 366 g/mol. The molecule has 3 heterocycles. The maximum Gasteiger partial charge on any atom is 0.317 e. The molecule has 1 aromatic heterocycles. The Kier molecular flexibility index (Phi) is 6.85. The summed E-state index contributed by atoms with van der Waals surface area (Å²) < 4.78 is 16.7. The Balaban J connectivity index is 1.34. The number of ether oxygens (including phenoxy) is 2. The second-order valence-corrected chi connectivity index (χ2v) is 7.35. The van der Waals surface area contributed by atoms with Crippen LogP contribution < -0.4 is 5.32 Å². The maximum absolute atomic E-state index is 12.0. The zero-order valence-corrected chi connectivity index (χ0v) is 15.8. The third-order valence-electron chi connectivity index (χ3n) is 4.87. The summed E-state index contributed by atoms with van der Waals surface area (Å²) in [6.07, 6.45) is 4.47. The van der Waals surface area contributed by atoms with E-state index < -0.39 is 0 Å². The molecule has 0 spiro atoms. The Morgan fingerprint density at radius 1 is 1.27 bits per heavy atom. The van der Waals surface area contributed by atoms with Crippen LogP contribution in [0.2, 0.25) is 0 Å². The number of hydrogen-bond acceptors (Lipinski definition) is 6. The van der Waals surface area contributed by atoms with Gasteiger partial charge in [-0.15, -0.1) is 0 Å². The number of hydrogen-bond donors (Lipinski definition) is 1. The van der Waals surface area contributed by atoms with Crippen molar-refractivity contribution in [3.63, 3.8) is 0 Å². The molecule has 2 amide bonds. The van der Waals surface area contributed by atoms with Gasteiger partial charge in [-0.25, -0.2) is 4.79 Å². The number of aromatic nitrogens is 2. The minimum Gasteiger partial charge on any atom is -0.381 e. The van der Waals surface area contributed by atoms with E-state index in [1.165, 1.54) is 0 Å². The van der Waals surface area contributed by atoms with Crippen LogP contribution in [-0.4, -0.2) is 66.1 Å². The first kappa shape index (κ1) is 19.1. The number of amides is 2. The second kappa shape index (κ2) is 9.32. The summed E-state index contributed by atoms with van der Waals surface area (Å²) in [5.74, 6) is 1.76. The summed E-state index contributed by atoms with van der Waals surface area (Å²) in [4.78, 5) is 18.4. The van der Waals surface area contributed by atoms with Crippen LogP contribution in [0, 0.1) is 0 Å². The lowest BCUT2D eigenvalue weighted by molar-refractivity contribution is 0.0156. The van der Waals surface area contributed by atoms with E-state index in [-0.39, 0.29) is 18.2 Å². The van der Waals surface area contributed by atoms with Crippen molar-refractivity contribution in [1.29, 1.82) is 0 Å². The normalized spacial score (nSPS) is 19.9. The lowest BCUT2D eigenvalue weighted by Gasteiger charge is -2.32. The molecule has 3 rings (SSSR count). The van der Waals surface area contributed by atoms with Crippen LogP contribution in [0.4, 0.5) is 4.79 Å². The van der Waals surface area contributed by atoms with E-state index in [1.807, 2.05) is 18.7 Å². The van der Waals surface area contributed by atoms with Crippen LogP contribution >= 0.6 is 0 Å². The zero-order valence-electron chi connectivity index (χ0n) is 15.8. The van der Waals surface area contributed by atoms with Gasteiger partial charge in [-0.3, -0.25) is 0 Å². The molecule has 2 aliphatic rings. The summed E-state index contributed by atoms with van der Waals surface area (Å²) in [6, 6.07) is 0.184. The second-order valence-electron chi connectivity index (χ2n) is 7.35. The molecule has 0 unspecified atom stereocenters. The van der Waals surface area contributed by atoms with Gasteiger partial charge in [0.05, 0.1) is 12.7 Å². The fraction of sp³-hybridized carbons (Fsp3) is 0.833. The Hall–Kier alpha value is -1.67. The summed E-state index contributed by atoms with van der Waals surface area (Å²) in [7, 11) is 0. The molecule has 2 fully saturated rings. The summed E-state index contributed by atoms with van der Waals surface area (Å²) in [5, 5.41) is 7.00. The van der Waals surface area contributed by atoms with E-state index >= 15 is 0 Å². The highest BCUT2D eigenvalue weighted by atomic mass is 16.5. The SMILES string of the molecule is CC(C)NC(=O)N1CCC(OCCc2noc(C3CCOCC3)n2)CC1. The highest BCUT2D eigenvalue weighted by Gasteiger charge is 2.24. The van der Waals surface area contributed by atoms with Gasteiger partial charge in [0.25, 0.3) is 0 Å². The van der Waals surface area contributed by atoms with Gasteiger partial charge in [0, 0.05) is 44.7 Å². The first-order valence-corrected chi connectivity index (χ1v) is 9.69. The Morgan fingerprint density at radius 3 is 2.69 bits per heavy atom. The quantitative estimate of drug-likeness (QED) is 0.829. The van der Waals surface area contributed by atoms with Crippen molar-refractivity contribution in [1.82, 2.24) is 20.4 Å². The number of piperidine rings is 1. The number of likely N-dealkylation sites (tertiary alicyclic amines) is 1. The van der Waals surface area contributed by atoms with Crippen molar-refractivity contribution < 1.29 is 18.8 Å². The van der Waals surface area contributed by atoms with E-state index in [0.29, 0.717) is 24.8 Å². The third kappa shape index (κ3) is 5.41. The average Bonchev–Trinajstić information content (AvgIpc) is 3.11. The van der Waals surface area contributed by atoms with Gasteiger partial charge in [-0.1, -0.05) is 5.16 Å². The predicted molar refractivity (Wildman–Crippen MR) is 95.0 cm³/mol. The summed E-state index contributed by atoms with van der Waals surface area (Å²) >= 11 is 0. The minimum absolute atomic E-state index is 0.0193. The lowest BCUT2D eigenvalue weighted by Crippen LogP contribution is -2.47. The van der Waals surface area contributed by atoms with Crippen LogP contribution in [0.1, 0.15) is 57.2 Å². The topological polar surface area (TPSA) is 89.7 Å². The molecular weight excluding hydrogens is 336 g/mol. The number of rotatable bonds is 6. The number of carbonyl (C=O) groups excluding carboxylic acids is 1. The van der Waals surface area contributed by atoms with E-state index in [4.69, 9.17) is 14.0 Å². The van der Waals surface area contributed by atoms with Gasteiger partial charge >= 0.3 is 6.03 Å². The minimum atomic E-state index is 0.0193. The number of carbonyl (C=O) groups is 1. The standard InChI is InChI=1S/C18H30N4O4/c1-13(2)19-18(23)22-8-3-15(4-9-22)25-12-7-16-20-17(26-21-16)14-5-10-24-11-6-14/h13-15H,3-12H2,1-2H3,(H,19,23). The smallest absolute Gasteiger partial charge is 0.317 e. The highest BCUT2D eigenvalue weighted by Crippen LogP contribution is 2.25. The number of urea groups is 1. The van der Waals surface area contributed by atoms with Gasteiger partial charge in [0.1, 0.15) is 0 Å².